The number of ether oxygens (including phenoxy) is 3. The summed E-state index contributed by atoms with van der Waals surface area (Å²) in [6.07, 6.45) is 3.60. The first-order valence-corrected chi connectivity index (χ1v) is 12.3. The highest BCUT2D eigenvalue weighted by Gasteiger charge is 2.41. The number of amides is 1. The molecule has 5 rings (SSSR count). The Hall–Kier alpha value is -2.04. The van der Waals surface area contributed by atoms with Gasteiger partial charge in [-0.25, -0.2) is 8.42 Å². The molecule has 0 bridgehead atoms. The van der Waals surface area contributed by atoms with E-state index in [4.69, 9.17) is 14.2 Å². The summed E-state index contributed by atoms with van der Waals surface area (Å²) in [6.45, 7) is 2.73. The highest BCUT2D eigenvalue weighted by molar-refractivity contribution is 7.89. The number of hydrogen-bond acceptors (Lipinski definition) is 7. The number of piperazine rings is 1. The Morgan fingerprint density at radius 2 is 1.74 bits per heavy atom. The van der Waals surface area contributed by atoms with Crippen molar-refractivity contribution < 1.29 is 27.4 Å². The van der Waals surface area contributed by atoms with Crippen LogP contribution in [0, 0.1) is 5.92 Å². The standard InChI is InChI=1S/C21H29N3O6S/c1-22-7-6-15-16(12-22)17(28-2)18-19(30-13-29-18)20(15)31(26,27)24-10-8-23(9-11-24)21(25)14-4-3-5-14/h14H,3-13H2,1-2H3. The predicted octanol–water partition coefficient (Wildman–Crippen LogP) is 1.04. The minimum atomic E-state index is -3.82. The number of likely N-dealkylation sites (N-methyl/N-ethyl adjacent to an activating group) is 1. The van der Waals surface area contributed by atoms with Gasteiger partial charge in [0.15, 0.2) is 11.5 Å². The number of nitrogens with zero attached hydrogens (tertiary/aromatic N) is 3. The molecule has 2 fully saturated rings. The number of carbonyl (C=O) groups is 1. The molecule has 10 heteroatoms. The summed E-state index contributed by atoms with van der Waals surface area (Å²) in [5.41, 5.74) is 1.60. The third-order valence-corrected chi connectivity index (χ3v) is 8.91. The summed E-state index contributed by atoms with van der Waals surface area (Å²) in [4.78, 5) is 16.7. The molecule has 1 aromatic carbocycles. The molecule has 0 radical (unpaired) electrons. The van der Waals surface area contributed by atoms with E-state index in [-0.39, 0.29) is 42.4 Å². The van der Waals surface area contributed by atoms with Crippen LogP contribution >= 0.6 is 0 Å². The van der Waals surface area contributed by atoms with Crippen LogP contribution in [-0.4, -0.2) is 82.1 Å². The van der Waals surface area contributed by atoms with Gasteiger partial charge in [-0.05, 0) is 31.9 Å². The van der Waals surface area contributed by atoms with E-state index in [2.05, 4.69) is 4.90 Å². The first kappa shape index (κ1) is 20.8. The maximum absolute atomic E-state index is 13.8. The summed E-state index contributed by atoms with van der Waals surface area (Å²) >= 11 is 0. The molecule has 1 aromatic rings. The summed E-state index contributed by atoms with van der Waals surface area (Å²) in [5.74, 6) is 1.49. The van der Waals surface area contributed by atoms with E-state index in [0.717, 1.165) is 36.9 Å². The third kappa shape index (κ3) is 3.35. The number of methoxy groups -OCH3 is 1. The Balaban J connectivity index is 1.48. The molecule has 0 atom stereocenters. The van der Waals surface area contributed by atoms with E-state index < -0.39 is 10.0 Å². The van der Waals surface area contributed by atoms with E-state index >= 15 is 0 Å². The van der Waals surface area contributed by atoms with Crippen LogP contribution in [0.5, 0.6) is 17.2 Å². The fraction of sp³-hybridized carbons (Fsp3) is 0.667. The number of benzene rings is 1. The van der Waals surface area contributed by atoms with Gasteiger partial charge >= 0.3 is 0 Å². The van der Waals surface area contributed by atoms with Gasteiger partial charge in [-0.1, -0.05) is 6.42 Å². The van der Waals surface area contributed by atoms with Gasteiger partial charge in [0.05, 0.1) is 7.11 Å². The van der Waals surface area contributed by atoms with Crippen LogP contribution < -0.4 is 14.2 Å². The zero-order valence-corrected chi connectivity index (χ0v) is 18.9. The summed E-state index contributed by atoms with van der Waals surface area (Å²) < 4.78 is 46.0. The van der Waals surface area contributed by atoms with Crippen molar-refractivity contribution in [3.8, 4) is 17.2 Å². The zero-order valence-electron chi connectivity index (χ0n) is 18.1. The van der Waals surface area contributed by atoms with Crippen molar-refractivity contribution >= 4 is 15.9 Å². The lowest BCUT2D eigenvalue weighted by Crippen LogP contribution is -2.52. The SMILES string of the molecule is COc1c2c(c(S(=O)(=O)N3CCN(C(=O)C4CCC4)CC3)c3c1OCO3)CCN(C)C2. The number of carbonyl (C=O) groups excluding carboxylic acids is 1. The van der Waals surface area contributed by atoms with Crippen molar-refractivity contribution in [3.63, 3.8) is 0 Å². The average molecular weight is 452 g/mol. The summed E-state index contributed by atoms with van der Waals surface area (Å²) in [5, 5.41) is 0. The second kappa shape index (κ2) is 7.83. The highest BCUT2D eigenvalue weighted by atomic mass is 32.2. The lowest BCUT2D eigenvalue weighted by atomic mass is 9.84. The largest absolute Gasteiger partial charge is 0.492 e. The lowest BCUT2D eigenvalue weighted by molar-refractivity contribution is -0.139. The van der Waals surface area contributed by atoms with Crippen LogP contribution in [0.3, 0.4) is 0 Å². The van der Waals surface area contributed by atoms with Crippen LogP contribution in [0.1, 0.15) is 30.4 Å². The zero-order chi connectivity index (χ0) is 21.8. The van der Waals surface area contributed by atoms with Crippen LogP contribution in [-0.2, 0) is 27.8 Å². The summed E-state index contributed by atoms with van der Waals surface area (Å²) in [7, 11) is -0.248. The van der Waals surface area contributed by atoms with Gasteiger partial charge in [0.2, 0.25) is 28.5 Å². The number of sulfonamides is 1. The number of fused-ring (bicyclic) bond motifs is 2. The smallest absolute Gasteiger partial charge is 0.247 e. The monoisotopic (exact) mass is 451 g/mol. The average Bonchev–Trinajstić information content (AvgIpc) is 3.19. The fourth-order valence-corrected chi connectivity index (χ4v) is 6.75. The number of hydrogen-bond donors (Lipinski definition) is 0. The Kier molecular flexibility index (Phi) is 5.26. The lowest BCUT2D eigenvalue weighted by Gasteiger charge is -2.38. The minimum Gasteiger partial charge on any atom is -0.492 e. The topological polar surface area (TPSA) is 88.6 Å². The third-order valence-electron chi connectivity index (χ3n) is 6.92. The highest BCUT2D eigenvalue weighted by Crippen LogP contribution is 2.51. The Labute approximate surface area is 182 Å². The van der Waals surface area contributed by atoms with Gasteiger partial charge in [-0.15, -0.1) is 0 Å². The van der Waals surface area contributed by atoms with Gasteiger partial charge in [0.1, 0.15) is 4.90 Å². The molecule has 0 N–H and O–H groups in total. The van der Waals surface area contributed by atoms with Crippen molar-refractivity contribution in [1.29, 1.82) is 0 Å². The Morgan fingerprint density at radius 3 is 2.39 bits per heavy atom. The second-order valence-electron chi connectivity index (χ2n) is 8.73. The normalized spacial score (nSPS) is 22.2. The predicted molar refractivity (Wildman–Crippen MR) is 112 cm³/mol. The van der Waals surface area contributed by atoms with Gasteiger partial charge in [0, 0.05) is 50.7 Å². The molecule has 0 aromatic heterocycles. The van der Waals surface area contributed by atoms with E-state index in [1.54, 1.807) is 7.11 Å². The maximum Gasteiger partial charge on any atom is 0.247 e. The molecule has 1 amide bonds. The minimum absolute atomic E-state index is 0.0311. The van der Waals surface area contributed by atoms with E-state index in [9.17, 15) is 13.2 Å². The van der Waals surface area contributed by atoms with E-state index in [0.29, 0.717) is 37.6 Å². The van der Waals surface area contributed by atoms with Gasteiger partial charge < -0.3 is 24.0 Å². The molecule has 4 aliphatic rings. The second-order valence-corrected chi connectivity index (χ2v) is 10.6. The van der Waals surface area contributed by atoms with Crippen molar-refractivity contribution in [2.24, 2.45) is 5.92 Å². The van der Waals surface area contributed by atoms with Gasteiger partial charge in [0.25, 0.3) is 0 Å². The van der Waals surface area contributed by atoms with Gasteiger partial charge in [-0.2, -0.15) is 4.31 Å². The molecule has 1 saturated carbocycles. The number of rotatable bonds is 4. The Bertz CT molecular complexity index is 999. The van der Waals surface area contributed by atoms with E-state index in [1.165, 1.54) is 4.31 Å². The van der Waals surface area contributed by atoms with Crippen molar-refractivity contribution in [3.05, 3.63) is 11.1 Å². The quantitative estimate of drug-likeness (QED) is 0.676. The van der Waals surface area contributed by atoms with Crippen LogP contribution in [0.25, 0.3) is 0 Å². The molecule has 9 nitrogen and oxygen atoms in total. The molecular weight excluding hydrogens is 422 g/mol. The van der Waals surface area contributed by atoms with Crippen LogP contribution in [0.2, 0.25) is 0 Å². The first-order valence-electron chi connectivity index (χ1n) is 10.9. The van der Waals surface area contributed by atoms with Crippen molar-refractivity contribution in [1.82, 2.24) is 14.1 Å². The van der Waals surface area contributed by atoms with E-state index in [1.807, 2.05) is 11.9 Å². The van der Waals surface area contributed by atoms with Crippen molar-refractivity contribution in [2.75, 3.05) is 53.7 Å². The molecule has 1 aliphatic carbocycles. The molecule has 3 aliphatic heterocycles. The molecular formula is C21H29N3O6S. The van der Waals surface area contributed by atoms with Gasteiger partial charge in [-0.3, -0.25) is 4.79 Å². The molecule has 3 heterocycles. The Morgan fingerprint density at radius 1 is 1.03 bits per heavy atom. The summed E-state index contributed by atoms with van der Waals surface area (Å²) in [6, 6.07) is 0. The fourth-order valence-electron chi connectivity index (χ4n) is 4.93. The maximum atomic E-state index is 13.8. The molecule has 0 unspecified atom stereocenters. The molecule has 0 spiro atoms. The molecule has 31 heavy (non-hydrogen) atoms. The first-order chi connectivity index (χ1) is 14.9. The van der Waals surface area contributed by atoms with Crippen LogP contribution in [0.4, 0.5) is 0 Å². The van der Waals surface area contributed by atoms with Crippen molar-refractivity contribution in [2.45, 2.75) is 37.1 Å². The van der Waals surface area contributed by atoms with Crippen LogP contribution in [0.15, 0.2) is 4.90 Å². The molecule has 170 valence electrons. The molecule has 1 saturated heterocycles.